The molecule has 0 radical (unpaired) electrons. The highest BCUT2D eigenvalue weighted by atomic mass is 16.6. The molecular formula is C23H29N5O4. The van der Waals surface area contributed by atoms with Crippen LogP contribution in [0, 0.1) is 5.92 Å². The molecule has 0 bridgehead atoms. The maximum absolute atomic E-state index is 13.0. The van der Waals surface area contributed by atoms with Crippen LogP contribution >= 0.6 is 0 Å². The summed E-state index contributed by atoms with van der Waals surface area (Å²) in [6.07, 6.45) is 2.76. The van der Waals surface area contributed by atoms with Crippen molar-refractivity contribution in [2.75, 3.05) is 50.8 Å². The number of piperidine rings is 1. The lowest BCUT2D eigenvalue weighted by Gasteiger charge is -2.38. The van der Waals surface area contributed by atoms with Gasteiger partial charge in [0.25, 0.3) is 0 Å². The number of para-hydroxylation sites is 1. The maximum Gasteiger partial charge on any atom is 0.409 e. The van der Waals surface area contributed by atoms with Gasteiger partial charge in [-0.05, 0) is 31.9 Å². The first kappa shape index (κ1) is 21.9. The van der Waals surface area contributed by atoms with E-state index in [2.05, 4.69) is 14.9 Å². The van der Waals surface area contributed by atoms with E-state index in [1.807, 2.05) is 41.3 Å². The van der Waals surface area contributed by atoms with Crippen LogP contribution in [0.2, 0.25) is 0 Å². The normalized spacial score (nSPS) is 17.2. The number of rotatable bonds is 5. The minimum atomic E-state index is -0.298. The largest absolute Gasteiger partial charge is 0.450 e. The number of amides is 2. The van der Waals surface area contributed by atoms with Crippen LogP contribution in [0.25, 0.3) is 0 Å². The van der Waals surface area contributed by atoms with Crippen molar-refractivity contribution in [3.63, 3.8) is 0 Å². The summed E-state index contributed by atoms with van der Waals surface area (Å²) >= 11 is 0. The Labute approximate surface area is 187 Å². The van der Waals surface area contributed by atoms with Crippen molar-refractivity contribution in [3.05, 3.63) is 42.7 Å². The third kappa shape index (κ3) is 5.27. The van der Waals surface area contributed by atoms with Gasteiger partial charge in [-0.2, -0.15) is 0 Å². The SMILES string of the molecule is CCOC(=O)N1CCN(C(=O)C2CCN(c3cc(Oc4ccccc4)ncn3)CC2)CC1. The van der Waals surface area contributed by atoms with Crippen LogP contribution in [0.5, 0.6) is 11.6 Å². The van der Waals surface area contributed by atoms with Crippen LogP contribution in [0.1, 0.15) is 19.8 Å². The number of piperazine rings is 1. The van der Waals surface area contributed by atoms with Gasteiger partial charge in [0.05, 0.1) is 6.61 Å². The van der Waals surface area contributed by atoms with Gasteiger partial charge in [-0.1, -0.05) is 18.2 Å². The first-order chi connectivity index (χ1) is 15.6. The molecule has 2 fully saturated rings. The van der Waals surface area contributed by atoms with Crippen molar-refractivity contribution in [2.45, 2.75) is 19.8 Å². The molecular weight excluding hydrogens is 410 g/mol. The summed E-state index contributed by atoms with van der Waals surface area (Å²) in [6.45, 7) is 5.82. The number of nitrogens with zero attached hydrogens (tertiary/aromatic N) is 5. The fourth-order valence-corrected chi connectivity index (χ4v) is 4.11. The van der Waals surface area contributed by atoms with E-state index in [9.17, 15) is 9.59 Å². The Balaban J connectivity index is 1.28. The van der Waals surface area contributed by atoms with E-state index in [0.717, 1.165) is 37.5 Å². The van der Waals surface area contributed by atoms with Gasteiger partial charge in [0.15, 0.2) is 0 Å². The molecule has 2 saturated heterocycles. The number of carbonyl (C=O) groups is 2. The zero-order valence-corrected chi connectivity index (χ0v) is 18.4. The van der Waals surface area contributed by atoms with E-state index in [4.69, 9.17) is 9.47 Å². The molecule has 0 atom stereocenters. The molecule has 1 aromatic heterocycles. The summed E-state index contributed by atoms with van der Waals surface area (Å²) in [7, 11) is 0. The molecule has 0 unspecified atom stereocenters. The average Bonchev–Trinajstić information content (AvgIpc) is 2.85. The Morgan fingerprint density at radius 3 is 2.34 bits per heavy atom. The number of anilines is 1. The van der Waals surface area contributed by atoms with Crippen molar-refractivity contribution in [3.8, 4) is 11.6 Å². The second-order valence-corrected chi connectivity index (χ2v) is 7.90. The van der Waals surface area contributed by atoms with Gasteiger partial charge in [0.2, 0.25) is 11.8 Å². The van der Waals surface area contributed by atoms with Crippen molar-refractivity contribution in [2.24, 2.45) is 5.92 Å². The molecule has 2 aliphatic heterocycles. The van der Waals surface area contributed by atoms with Crippen LogP contribution in [0.3, 0.4) is 0 Å². The van der Waals surface area contributed by atoms with Gasteiger partial charge >= 0.3 is 6.09 Å². The lowest BCUT2D eigenvalue weighted by Crippen LogP contribution is -2.53. The highest BCUT2D eigenvalue weighted by Gasteiger charge is 2.32. The third-order valence-corrected chi connectivity index (χ3v) is 5.88. The van der Waals surface area contributed by atoms with Gasteiger partial charge in [-0.3, -0.25) is 4.79 Å². The van der Waals surface area contributed by atoms with Crippen molar-refractivity contribution < 1.29 is 19.1 Å². The quantitative estimate of drug-likeness (QED) is 0.708. The molecule has 2 amide bonds. The summed E-state index contributed by atoms with van der Waals surface area (Å²) in [5.41, 5.74) is 0. The molecule has 4 rings (SSSR count). The minimum Gasteiger partial charge on any atom is -0.450 e. The topological polar surface area (TPSA) is 88.1 Å². The number of benzene rings is 1. The van der Waals surface area contributed by atoms with Gasteiger partial charge in [0, 0.05) is 51.3 Å². The lowest BCUT2D eigenvalue weighted by molar-refractivity contribution is -0.137. The van der Waals surface area contributed by atoms with Gasteiger partial charge in [-0.15, -0.1) is 0 Å². The number of aromatic nitrogens is 2. The zero-order valence-electron chi connectivity index (χ0n) is 18.4. The summed E-state index contributed by atoms with van der Waals surface area (Å²) in [5.74, 6) is 2.22. The smallest absolute Gasteiger partial charge is 0.409 e. The Bertz CT molecular complexity index is 910. The van der Waals surface area contributed by atoms with E-state index in [-0.39, 0.29) is 17.9 Å². The predicted octanol–water partition coefficient (Wildman–Crippen LogP) is 2.79. The van der Waals surface area contributed by atoms with Crippen LogP contribution in [0.4, 0.5) is 10.6 Å². The number of carbonyl (C=O) groups excluding carboxylic acids is 2. The molecule has 32 heavy (non-hydrogen) atoms. The van der Waals surface area contributed by atoms with E-state index in [1.165, 1.54) is 6.33 Å². The zero-order chi connectivity index (χ0) is 22.3. The average molecular weight is 440 g/mol. The lowest BCUT2D eigenvalue weighted by atomic mass is 9.95. The molecule has 2 aromatic rings. The van der Waals surface area contributed by atoms with Gasteiger partial charge in [0.1, 0.15) is 17.9 Å². The van der Waals surface area contributed by atoms with E-state index < -0.39 is 0 Å². The van der Waals surface area contributed by atoms with Gasteiger partial charge in [-0.25, -0.2) is 14.8 Å². The van der Waals surface area contributed by atoms with E-state index in [0.29, 0.717) is 38.7 Å². The minimum absolute atomic E-state index is 0.00210. The Hall–Kier alpha value is -3.36. The predicted molar refractivity (Wildman–Crippen MR) is 119 cm³/mol. The summed E-state index contributed by atoms with van der Waals surface area (Å²) in [6, 6.07) is 11.4. The van der Waals surface area contributed by atoms with Crippen molar-refractivity contribution in [1.82, 2.24) is 19.8 Å². The molecule has 9 heteroatoms. The van der Waals surface area contributed by atoms with Crippen LogP contribution in [0.15, 0.2) is 42.7 Å². The van der Waals surface area contributed by atoms with Crippen LogP contribution < -0.4 is 9.64 Å². The van der Waals surface area contributed by atoms with Crippen LogP contribution in [-0.4, -0.2) is 77.6 Å². The standard InChI is InChI=1S/C23H29N5O4/c1-2-31-23(30)28-14-12-27(13-15-28)22(29)18-8-10-26(11-9-18)20-16-21(25-17-24-20)32-19-6-4-3-5-7-19/h3-7,16-18H,2,8-15H2,1H3. The number of hydrogen-bond donors (Lipinski definition) is 0. The van der Waals surface area contributed by atoms with Crippen molar-refractivity contribution in [1.29, 1.82) is 0 Å². The number of hydrogen-bond acceptors (Lipinski definition) is 7. The molecule has 0 aliphatic carbocycles. The second kappa shape index (κ2) is 10.3. The molecule has 1 aromatic carbocycles. The molecule has 9 nitrogen and oxygen atoms in total. The first-order valence-corrected chi connectivity index (χ1v) is 11.1. The molecule has 0 N–H and O–H groups in total. The fourth-order valence-electron chi connectivity index (χ4n) is 4.11. The van der Waals surface area contributed by atoms with E-state index in [1.54, 1.807) is 11.8 Å². The molecule has 170 valence electrons. The Kier molecular flexibility index (Phi) is 7.03. The van der Waals surface area contributed by atoms with Crippen molar-refractivity contribution >= 4 is 17.8 Å². The molecule has 0 saturated carbocycles. The van der Waals surface area contributed by atoms with Gasteiger partial charge < -0.3 is 24.2 Å². The molecule has 2 aliphatic rings. The summed E-state index contributed by atoms with van der Waals surface area (Å²) < 4.78 is 10.9. The fraction of sp³-hybridized carbons (Fsp3) is 0.478. The first-order valence-electron chi connectivity index (χ1n) is 11.1. The third-order valence-electron chi connectivity index (χ3n) is 5.88. The second-order valence-electron chi connectivity index (χ2n) is 7.90. The number of ether oxygens (including phenoxy) is 2. The van der Waals surface area contributed by atoms with Crippen LogP contribution in [-0.2, 0) is 9.53 Å². The maximum atomic E-state index is 13.0. The highest BCUT2D eigenvalue weighted by Crippen LogP contribution is 2.27. The Morgan fingerprint density at radius 2 is 1.66 bits per heavy atom. The highest BCUT2D eigenvalue weighted by molar-refractivity contribution is 5.79. The molecule has 3 heterocycles. The summed E-state index contributed by atoms with van der Waals surface area (Å²) in [5, 5.41) is 0. The monoisotopic (exact) mass is 439 g/mol. The van der Waals surface area contributed by atoms with E-state index >= 15 is 0 Å². The molecule has 0 spiro atoms. The summed E-state index contributed by atoms with van der Waals surface area (Å²) in [4.78, 5) is 39.1. The Morgan fingerprint density at radius 1 is 0.969 bits per heavy atom.